The lowest BCUT2D eigenvalue weighted by molar-refractivity contribution is 0.204. The molecule has 1 aromatic carbocycles. The molecule has 0 radical (unpaired) electrons. The lowest BCUT2D eigenvalue weighted by atomic mass is 9.85. The van der Waals surface area contributed by atoms with Gasteiger partial charge in [-0.15, -0.1) is 0 Å². The van der Waals surface area contributed by atoms with Crippen LogP contribution in [0.25, 0.3) is 5.57 Å². The summed E-state index contributed by atoms with van der Waals surface area (Å²) in [7, 11) is 0. The van der Waals surface area contributed by atoms with Crippen LogP contribution in [-0.4, -0.2) is 17.8 Å². The van der Waals surface area contributed by atoms with Crippen LogP contribution in [0.3, 0.4) is 0 Å². The number of hydrogen-bond donors (Lipinski definition) is 1. The number of benzene rings is 1. The molecular formula is C21H30O3. The summed E-state index contributed by atoms with van der Waals surface area (Å²) in [5.41, 5.74) is 3.57. The summed E-state index contributed by atoms with van der Waals surface area (Å²) in [4.78, 5) is 0. The Morgan fingerprint density at radius 3 is 2.83 bits per heavy atom. The first kappa shape index (κ1) is 17.2. The first-order valence-electron chi connectivity index (χ1n) is 9.56. The van der Waals surface area contributed by atoms with Gasteiger partial charge in [0, 0.05) is 12.1 Å². The highest BCUT2D eigenvalue weighted by Crippen LogP contribution is 2.46. The predicted octanol–water partition coefficient (Wildman–Crippen LogP) is 5.85. The molecule has 0 bridgehead atoms. The maximum Gasteiger partial charge on any atom is 0.134 e. The fourth-order valence-corrected chi connectivity index (χ4v) is 3.80. The van der Waals surface area contributed by atoms with Gasteiger partial charge in [-0.25, -0.2) is 0 Å². The number of ether oxygens (including phenoxy) is 2. The summed E-state index contributed by atoms with van der Waals surface area (Å²) in [6.07, 6.45) is 10.8. The summed E-state index contributed by atoms with van der Waals surface area (Å²) in [6, 6.07) is 3.71. The highest BCUT2D eigenvalue weighted by molar-refractivity contribution is 5.80. The smallest absolute Gasteiger partial charge is 0.134 e. The van der Waals surface area contributed by atoms with E-state index in [4.69, 9.17) is 9.47 Å². The maximum absolute atomic E-state index is 10.5. The van der Waals surface area contributed by atoms with Gasteiger partial charge < -0.3 is 14.6 Å². The van der Waals surface area contributed by atoms with Crippen molar-refractivity contribution in [3.8, 4) is 17.2 Å². The van der Waals surface area contributed by atoms with Crippen LogP contribution in [0.1, 0.15) is 77.2 Å². The molecule has 3 nitrogen and oxygen atoms in total. The molecule has 0 amide bonds. The first-order chi connectivity index (χ1) is 11.7. The summed E-state index contributed by atoms with van der Waals surface area (Å²) >= 11 is 0. The standard InChI is InChI=1S/C21H30O3/c1-3-4-5-6-9-15(2)24-17-12-19(22)21-18-11-8-7-10-16(18)14-23-20(21)13-17/h12-13,15,22H,3-11,14H2,1-2H3. The van der Waals surface area contributed by atoms with Crippen molar-refractivity contribution in [3.63, 3.8) is 0 Å². The molecule has 1 aromatic rings. The molecule has 0 fully saturated rings. The third-order valence-electron chi connectivity index (χ3n) is 5.14. The molecule has 0 saturated carbocycles. The van der Waals surface area contributed by atoms with E-state index >= 15 is 0 Å². The van der Waals surface area contributed by atoms with E-state index in [0.717, 1.165) is 30.6 Å². The molecule has 132 valence electrons. The lowest BCUT2D eigenvalue weighted by Gasteiger charge is -2.28. The Morgan fingerprint density at radius 2 is 2.00 bits per heavy atom. The Hall–Kier alpha value is -1.64. The van der Waals surface area contributed by atoms with Gasteiger partial charge in [-0.3, -0.25) is 0 Å². The summed E-state index contributed by atoms with van der Waals surface area (Å²) in [5, 5.41) is 10.5. The largest absolute Gasteiger partial charge is 0.507 e. The number of rotatable bonds is 7. The Balaban J connectivity index is 1.69. The van der Waals surface area contributed by atoms with E-state index < -0.39 is 0 Å². The van der Waals surface area contributed by atoms with Crippen molar-refractivity contribution in [1.29, 1.82) is 0 Å². The van der Waals surface area contributed by atoms with E-state index in [1.807, 2.05) is 6.07 Å². The molecule has 1 atom stereocenters. The van der Waals surface area contributed by atoms with Crippen LogP contribution in [0.4, 0.5) is 0 Å². The van der Waals surface area contributed by atoms with Crippen LogP contribution in [0, 0.1) is 0 Å². The predicted molar refractivity (Wildman–Crippen MR) is 97.8 cm³/mol. The van der Waals surface area contributed by atoms with Crippen LogP contribution < -0.4 is 9.47 Å². The molecule has 1 heterocycles. The van der Waals surface area contributed by atoms with E-state index in [0.29, 0.717) is 18.1 Å². The minimum absolute atomic E-state index is 0.160. The maximum atomic E-state index is 10.5. The van der Waals surface area contributed by atoms with Crippen molar-refractivity contribution in [2.24, 2.45) is 0 Å². The quantitative estimate of drug-likeness (QED) is 0.637. The molecule has 1 unspecified atom stereocenters. The van der Waals surface area contributed by atoms with Crippen molar-refractivity contribution in [2.45, 2.75) is 77.7 Å². The van der Waals surface area contributed by atoms with Gasteiger partial charge >= 0.3 is 0 Å². The second kappa shape index (κ2) is 7.96. The average Bonchev–Trinajstić information content (AvgIpc) is 2.58. The fourth-order valence-electron chi connectivity index (χ4n) is 3.80. The van der Waals surface area contributed by atoms with Gasteiger partial charge in [-0.05, 0) is 56.6 Å². The number of aromatic hydroxyl groups is 1. The molecule has 3 heteroatoms. The average molecular weight is 330 g/mol. The van der Waals surface area contributed by atoms with E-state index in [9.17, 15) is 5.11 Å². The normalized spacial score (nSPS) is 17.8. The molecule has 24 heavy (non-hydrogen) atoms. The van der Waals surface area contributed by atoms with Crippen LogP contribution in [0.5, 0.6) is 17.2 Å². The second-order valence-corrected chi connectivity index (χ2v) is 7.17. The lowest BCUT2D eigenvalue weighted by Crippen LogP contribution is -2.15. The van der Waals surface area contributed by atoms with Gasteiger partial charge in [0.2, 0.25) is 0 Å². The van der Waals surface area contributed by atoms with Crippen molar-refractivity contribution >= 4 is 5.57 Å². The zero-order chi connectivity index (χ0) is 16.9. The molecule has 3 rings (SSSR count). The fraction of sp³-hybridized carbons (Fsp3) is 0.619. The molecule has 1 aliphatic carbocycles. The molecule has 0 aromatic heterocycles. The number of phenols is 1. The van der Waals surface area contributed by atoms with Crippen molar-refractivity contribution < 1.29 is 14.6 Å². The highest BCUT2D eigenvalue weighted by atomic mass is 16.5. The van der Waals surface area contributed by atoms with E-state index in [1.54, 1.807) is 6.07 Å². The van der Waals surface area contributed by atoms with Crippen molar-refractivity contribution in [3.05, 3.63) is 23.3 Å². The molecule has 0 spiro atoms. The Labute approximate surface area is 145 Å². The summed E-state index contributed by atoms with van der Waals surface area (Å²) < 4.78 is 11.9. The Kier molecular flexibility index (Phi) is 5.70. The van der Waals surface area contributed by atoms with Crippen molar-refractivity contribution in [1.82, 2.24) is 0 Å². The Bertz CT molecular complexity index is 603. The number of allylic oxidation sites excluding steroid dienone is 1. The van der Waals surface area contributed by atoms with Crippen LogP contribution in [0.2, 0.25) is 0 Å². The molecule has 1 N–H and O–H groups in total. The van der Waals surface area contributed by atoms with Gasteiger partial charge in [0.15, 0.2) is 0 Å². The topological polar surface area (TPSA) is 38.7 Å². The molecule has 0 saturated heterocycles. The minimum atomic E-state index is 0.160. The number of phenolic OH excluding ortho intramolecular Hbond substituents is 1. The van der Waals surface area contributed by atoms with E-state index in [1.165, 1.54) is 49.7 Å². The zero-order valence-corrected chi connectivity index (χ0v) is 15.1. The Morgan fingerprint density at radius 1 is 1.17 bits per heavy atom. The zero-order valence-electron chi connectivity index (χ0n) is 15.1. The third kappa shape index (κ3) is 3.88. The summed E-state index contributed by atoms with van der Waals surface area (Å²) in [5.74, 6) is 1.80. The van der Waals surface area contributed by atoms with E-state index in [-0.39, 0.29) is 6.10 Å². The minimum Gasteiger partial charge on any atom is -0.507 e. The van der Waals surface area contributed by atoms with Gasteiger partial charge in [0.05, 0.1) is 11.7 Å². The van der Waals surface area contributed by atoms with Crippen LogP contribution >= 0.6 is 0 Å². The van der Waals surface area contributed by atoms with Gasteiger partial charge in [0.25, 0.3) is 0 Å². The molecule has 2 aliphatic rings. The second-order valence-electron chi connectivity index (χ2n) is 7.17. The molecular weight excluding hydrogens is 300 g/mol. The SMILES string of the molecule is CCCCCCC(C)Oc1cc(O)c2c(c1)OCC1=C2CCCC1. The monoisotopic (exact) mass is 330 g/mol. The number of hydrogen-bond acceptors (Lipinski definition) is 3. The van der Waals surface area contributed by atoms with Gasteiger partial charge in [0.1, 0.15) is 23.9 Å². The number of unbranched alkanes of at least 4 members (excludes halogenated alkanes) is 3. The van der Waals surface area contributed by atoms with Gasteiger partial charge in [-0.1, -0.05) is 26.2 Å². The van der Waals surface area contributed by atoms with Crippen molar-refractivity contribution in [2.75, 3.05) is 6.61 Å². The first-order valence-corrected chi connectivity index (χ1v) is 9.56. The van der Waals surface area contributed by atoms with Crippen LogP contribution in [-0.2, 0) is 0 Å². The number of fused-ring (bicyclic) bond motifs is 2. The third-order valence-corrected chi connectivity index (χ3v) is 5.14. The molecule has 1 aliphatic heterocycles. The van der Waals surface area contributed by atoms with E-state index in [2.05, 4.69) is 13.8 Å². The van der Waals surface area contributed by atoms with Gasteiger partial charge in [-0.2, -0.15) is 0 Å². The summed E-state index contributed by atoms with van der Waals surface area (Å²) in [6.45, 7) is 4.99. The van der Waals surface area contributed by atoms with Crippen LogP contribution in [0.15, 0.2) is 17.7 Å². The highest BCUT2D eigenvalue weighted by Gasteiger charge is 2.26.